The lowest BCUT2D eigenvalue weighted by Gasteiger charge is -2.15. The summed E-state index contributed by atoms with van der Waals surface area (Å²) in [5.74, 6) is -1.27. The number of rotatable bonds is 7. The maximum atomic E-state index is 12.7. The first-order valence-corrected chi connectivity index (χ1v) is 10.0. The molecule has 1 aliphatic rings. The number of hydrogen-bond donors (Lipinski definition) is 2. The van der Waals surface area contributed by atoms with Gasteiger partial charge in [-0.05, 0) is 54.1 Å². The van der Waals surface area contributed by atoms with Crippen molar-refractivity contribution in [1.82, 2.24) is 0 Å². The fourth-order valence-electron chi connectivity index (χ4n) is 3.33. The second kappa shape index (κ2) is 9.19. The van der Waals surface area contributed by atoms with Crippen LogP contribution in [0.15, 0.2) is 78.9 Å². The van der Waals surface area contributed by atoms with Crippen molar-refractivity contribution in [3.05, 3.63) is 95.6 Å². The van der Waals surface area contributed by atoms with Gasteiger partial charge in [-0.15, -0.1) is 0 Å². The number of fused-ring (bicyclic) bond motifs is 1. The summed E-state index contributed by atoms with van der Waals surface area (Å²) in [5, 5.41) is 2.72. The molecule has 3 N–H and O–H groups in total. The SMILES string of the molecule is NC(=O)COc1ccc(/C=C/C(=O)Nc2cccc(N3C(=O)c4ccccc4C3=O)c2)cc1. The quantitative estimate of drug-likeness (QED) is 0.432. The minimum atomic E-state index is -0.567. The fourth-order valence-corrected chi connectivity index (χ4v) is 3.33. The lowest BCUT2D eigenvalue weighted by atomic mass is 10.1. The number of anilines is 2. The van der Waals surface area contributed by atoms with E-state index < -0.39 is 17.7 Å². The molecule has 8 nitrogen and oxygen atoms in total. The third kappa shape index (κ3) is 4.80. The molecule has 33 heavy (non-hydrogen) atoms. The maximum Gasteiger partial charge on any atom is 0.266 e. The van der Waals surface area contributed by atoms with E-state index in [2.05, 4.69) is 5.32 Å². The average molecular weight is 441 g/mol. The number of carbonyl (C=O) groups excluding carboxylic acids is 4. The molecule has 0 fully saturated rings. The van der Waals surface area contributed by atoms with Gasteiger partial charge in [-0.1, -0.05) is 30.3 Å². The predicted octanol–water partition coefficient (Wildman–Crippen LogP) is 3.00. The molecule has 0 aliphatic carbocycles. The molecule has 0 atom stereocenters. The largest absolute Gasteiger partial charge is 0.484 e. The Balaban J connectivity index is 1.42. The van der Waals surface area contributed by atoms with E-state index >= 15 is 0 Å². The van der Waals surface area contributed by atoms with E-state index in [9.17, 15) is 19.2 Å². The summed E-state index contributed by atoms with van der Waals surface area (Å²) in [4.78, 5) is 49.5. The van der Waals surface area contributed by atoms with Gasteiger partial charge in [0.1, 0.15) is 5.75 Å². The average Bonchev–Trinajstić information content (AvgIpc) is 3.07. The number of ether oxygens (including phenoxy) is 1. The van der Waals surface area contributed by atoms with Crippen LogP contribution in [0.3, 0.4) is 0 Å². The number of nitrogens with one attached hydrogen (secondary N) is 1. The lowest BCUT2D eigenvalue weighted by molar-refractivity contribution is -0.120. The number of hydrogen-bond acceptors (Lipinski definition) is 5. The Kier molecular flexibility index (Phi) is 5.99. The van der Waals surface area contributed by atoms with E-state index in [1.54, 1.807) is 78.9 Å². The van der Waals surface area contributed by atoms with Crippen LogP contribution in [0.2, 0.25) is 0 Å². The van der Waals surface area contributed by atoms with Crippen molar-refractivity contribution in [2.45, 2.75) is 0 Å². The summed E-state index contributed by atoms with van der Waals surface area (Å²) in [6.07, 6.45) is 2.97. The third-order valence-corrected chi connectivity index (χ3v) is 4.85. The van der Waals surface area contributed by atoms with Gasteiger partial charge in [-0.2, -0.15) is 0 Å². The van der Waals surface area contributed by atoms with Crippen molar-refractivity contribution in [2.24, 2.45) is 5.73 Å². The van der Waals surface area contributed by atoms with Crippen molar-refractivity contribution in [3.63, 3.8) is 0 Å². The molecule has 164 valence electrons. The van der Waals surface area contributed by atoms with Crippen LogP contribution in [0.25, 0.3) is 6.08 Å². The minimum absolute atomic E-state index is 0.211. The summed E-state index contributed by atoms with van der Waals surface area (Å²) in [7, 11) is 0. The van der Waals surface area contributed by atoms with E-state index in [4.69, 9.17) is 10.5 Å². The van der Waals surface area contributed by atoms with Crippen LogP contribution in [-0.2, 0) is 9.59 Å². The van der Waals surface area contributed by atoms with E-state index in [0.717, 1.165) is 10.5 Å². The van der Waals surface area contributed by atoms with Crippen molar-refractivity contribution >= 4 is 41.1 Å². The number of benzene rings is 3. The summed E-state index contributed by atoms with van der Waals surface area (Å²) in [6, 6.07) is 19.9. The van der Waals surface area contributed by atoms with Crippen molar-refractivity contribution < 1.29 is 23.9 Å². The zero-order valence-electron chi connectivity index (χ0n) is 17.4. The third-order valence-electron chi connectivity index (χ3n) is 4.85. The van der Waals surface area contributed by atoms with Crippen LogP contribution >= 0.6 is 0 Å². The van der Waals surface area contributed by atoms with Gasteiger partial charge in [0.05, 0.1) is 16.8 Å². The molecule has 0 bridgehead atoms. The molecule has 1 heterocycles. The van der Waals surface area contributed by atoms with E-state index in [1.165, 1.54) is 6.08 Å². The molecular formula is C25H19N3O5. The van der Waals surface area contributed by atoms with Gasteiger partial charge in [-0.25, -0.2) is 4.90 Å². The monoisotopic (exact) mass is 441 g/mol. The second-order valence-electron chi connectivity index (χ2n) is 7.19. The topological polar surface area (TPSA) is 119 Å². The molecular weight excluding hydrogens is 422 g/mol. The lowest BCUT2D eigenvalue weighted by Crippen LogP contribution is -2.29. The van der Waals surface area contributed by atoms with Crippen LogP contribution in [0, 0.1) is 0 Å². The molecule has 0 aromatic heterocycles. The molecule has 0 unspecified atom stereocenters. The van der Waals surface area contributed by atoms with Crippen LogP contribution in [-0.4, -0.2) is 30.2 Å². The molecule has 3 aromatic carbocycles. The highest BCUT2D eigenvalue weighted by atomic mass is 16.5. The molecule has 3 aromatic rings. The molecule has 0 saturated heterocycles. The standard InChI is InChI=1S/C25H19N3O5/c26-22(29)15-33-19-11-8-16(9-12-19)10-13-23(30)27-17-4-3-5-18(14-17)28-24(31)20-6-1-2-7-21(20)25(28)32/h1-14H,15H2,(H2,26,29)(H,27,30)/b13-10+. The van der Waals surface area contributed by atoms with Gasteiger partial charge in [0.15, 0.2) is 6.61 Å². The van der Waals surface area contributed by atoms with Gasteiger partial charge < -0.3 is 15.8 Å². The fraction of sp³-hybridized carbons (Fsp3) is 0.0400. The highest BCUT2D eigenvalue weighted by Gasteiger charge is 2.36. The molecule has 8 heteroatoms. The number of amides is 4. The molecule has 1 aliphatic heterocycles. The van der Waals surface area contributed by atoms with Crippen LogP contribution in [0.1, 0.15) is 26.3 Å². The van der Waals surface area contributed by atoms with Crippen LogP contribution in [0.5, 0.6) is 5.75 Å². The summed E-state index contributed by atoms with van der Waals surface area (Å²) >= 11 is 0. The number of primary amides is 1. The van der Waals surface area contributed by atoms with Gasteiger partial charge in [0, 0.05) is 11.8 Å². The molecule has 0 saturated carbocycles. The minimum Gasteiger partial charge on any atom is -0.484 e. The Bertz CT molecular complexity index is 1250. The summed E-state index contributed by atoms with van der Waals surface area (Å²) in [6.45, 7) is -0.211. The molecule has 0 radical (unpaired) electrons. The highest BCUT2D eigenvalue weighted by Crippen LogP contribution is 2.29. The molecule has 0 spiro atoms. The Morgan fingerprint density at radius 3 is 2.21 bits per heavy atom. The first kappa shape index (κ1) is 21.5. The predicted molar refractivity (Wildman–Crippen MR) is 123 cm³/mol. The first-order valence-electron chi connectivity index (χ1n) is 10.0. The first-order chi connectivity index (χ1) is 15.9. The van der Waals surface area contributed by atoms with Gasteiger partial charge in [0.2, 0.25) is 5.91 Å². The second-order valence-corrected chi connectivity index (χ2v) is 7.19. The van der Waals surface area contributed by atoms with E-state index in [1.807, 2.05) is 0 Å². The molecule has 4 amide bonds. The van der Waals surface area contributed by atoms with Crippen molar-refractivity contribution in [1.29, 1.82) is 0 Å². The highest BCUT2D eigenvalue weighted by molar-refractivity contribution is 6.34. The number of nitrogens with zero attached hydrogens (tertiary/aromatic N) is 1. The van der Waals surface area contributed by atoms with E-state index in [-0.39, 0.29) is 12.5 Å². The van der Waals surface area contributed by atoms with Gasteiger partial charge >= 0.3 is 0 Å². The van der Waals surface area contributed by atoms with Gasteiger partial charge in [0.25, 0.3) is 17.7 Å². The smallest absolute Gasteiger partial charge is 0.266 e. The van der Waals surface area contributed by atoms with Crippen LogP contribution < -0.4 is 20.7 Å². The zero-order chi connectivity index (χ0) is 23.4. The summed E-state index contributed by atoms with van der Waals surface area (Å²) < 4.78 is 5.19. The number of imide groups is 1. The maximum absolute atomic E-state index is 12.7. The zero-order valence-corrected chi connectivity index (χ0v) is 17.4. The Morgan fingerprint density at radius 2 is 1.58 bits per heavy atom. The molecule has 4 rings (SSSR count). The van der Waals surface area contributed by atoms with Crippen LogP contribution in [0.4, 0.5) is 11.4 Å². The number of nitrogens with two attached hydrogens (primary N) is 1. The number of carbonyl (C=O) groups is 4. The summed E-state index contributed by atoms with van der Waals surface area (Å²) in [5.41, 5.74) is 7.30. The van der Waals surface area contributed by atoms with Crippen molar-refractivity contribution in [2.75, 3.05) is 16.8 Å². The Morgan fingerprint density at radius 1 is 0.909 bits per heavy atom. The van der Waals surface area contributed by atoms with E-state index in [0.29, 0.717) is 28.3 Å². The Labute approximate surface area is 189 Å². The van der Waals surface area contributed by atoms with Crippen molar-refractivity contribution in [3.8, 4) is 5.75 Å². The normalized spacial score (nSPS) is 12.7. The van der Waals surface area contributed by atoms with Gasteiger partial charge in [-0.3, -0.25) is 19.2 Å². The Hall–Kier alpha value is -4.72.